The van der Waals surface area contributed by atoms with Crippen LogP contribution in [0.4, 0.5) is 0 Å². The molecule has 0 aliphatic rings. The van der Waals surface area contributed by atoms with Crippen LogP contribution in [0.3, 0.4) is 0 Å². The molecule has 1 aromatic rings. The van der Waals surface area contributed by atoms with E-state index in [9.17, 15) is 4.79 Å². The number of ether oxygens (including phenoxy) is 1. The van der Waals surface area contributed by atoms with E-state index < -0.39 is 0 Å². The first kappa shape index (κ1) is 13.7. The molecule has 0 spiro atoms. The number of benzene rings is 1. The van der Waals surface area contributed by atoms with Crippen molar-refractivity contribution in [3.05, 3.63) is 35.4 Å². The molecule has 1 atom stereocenters. The van der Waals surface area contributed by atoms with Crippen LogP contribution in [0.1, 0.15) is 18.1 Å². The highest BCUT2D eigenvalue weighted by atomic mass is 16.5. The highest BCUT2D eigenvalue weighted by molar-refractivity contribution is 5.80. The maximum absolute atomic E-state index is 11.3. The van der Waals surface area contributed by atoms with Crippen molar-refractivity contribution in [1.29, 1.82) is 0 Å². The summed E-state index contributed by atoms with van der Waals surface area (Å²) in [5, 5.41) is 5.77. The van der Waals surface area contributed by atoms with Gasteiger partial charge >= 0.3 is 0 Å². The maximum Gasteiger partial charge on any atom is 0.236 e. The first-order valence-electron chi connectivity index (χ1n) is 5.69. The molecule has 17 heavy (non-hydrogen) atoms. The molecule has 0 aliphatic heterocycles. The lowest BCUT2D eigenvalue weighted by Crippen LogP contribution is -2.40. The van der Waals surface area contributed by atoms with Gasteiger partial charge in [0.15, 0.2) is 0 Å². The van der Waals surface area contributed by atoms with Gasteiger partial charge in [-0.2, -0.15) is 0 Å². The number of likely N-dealkylation sites (N-methyl/N-ethyl adjacent to an activating group) is 1. The zero-order valence-corrected chi connectivity index (χ0v) is 10.6. The summed E-state index contributed by atoms with van der Waals surface area (Å²) in [6.45, 7) is 3.16. The molecule has 0 aliphatic carbocycles. The molecule has 1 amide bonds. The van der Waals surface area contributed by atoms with Crippen LogP contribution in [0.5, 0.6) is 0 Å². The van der Waals surface area contributed by atoms with Crippen molar-refractivity contribution in [2.24, 2.45) is 0 Å². The van der Waals surface area contributed by atoms with E-state index >= 15 is 0 Å². The van der Waals surface area contributed by atoms with E-state index in [1.54, 1.807) is 14.2 Å². The lowest BCUT2D eigenvalue weighted by molar-refractivity contribution is -0.122. The van der Waals surface area contributed by atoms with Gasteiger partial charge in [0.05, 0.1) is 12.6 Å². The summed E-state index contributed by atoms with van der Waals surface area (Å²) in [5.74, 6) is 0.000929. The number of hydrogen-bond acceptors (Lipinski definition) is 3. The third kappa shape index (κ3) is 4.54. The predicted molar refractivity (Wildman–Crippen MR) is 67.5 cm³/mol. The molecule has 1 rings (SSSR count). The number of hydrogen-bond donors (Lipinski definition) is 2. The SMILES string of the molecule is CNC(=O)C(C)NCc1ccc(COC)cc1. The fourth-order valence-corrected chi connectivity index (χ4v) is 1.50. The van der Waals surface area contributed by atoms with Gasteiger partial charge in [-0.3, -0.25) is 4.79 Å². The highest BCUT2D eigenvalue weighted by Gasteiger charge is 2.09. The van der Waals surface area contributed by atoms with Gasteiger partial charge in [0, 0.05) is 20.7 Å². The van der Waals surface area contributed by atoms with E-state index in [2.05, 4.69) is 10.6 Å². The van der Waals surface area contributed by atoms with Gasteiger partial charge in [-0.05, 0) is 18.1 Å². The minimum absolute atomic E-state index is 0.000929. The number of nitrogens with one attached hydrogen (secondary N) is 2. The second-order valence-electron chi connectivity index (χ2n) is 3.97. The van der Waals surface area contributed by atoms with E-state index in [1.807, 2.05) is 31.2 Å². The second-order valence-corrected chi connectivity index (χ2v) is 3.97. The van der Waals surface area contributed by atoms with Gasteiger partial charge in [0.1, 0.15) is 0 Å². The number of carbonyl (C=O) groups excluding carboxylic acids is 1. The molecule has 0 fully saturated rings. The Morgan fingerprint density at radius 2 is 1.88 bits per heavy atom. The molecule has 0 bridgehead atoms. The van der Waals surface area contributed by atoms with Gasteiger partial charge in [0.25, 0.3) is 0 Å². The monoisotopic (exact) mass is 236 g/mol. The van der Waals surface area contributed by atoms with Crippen molar-refractivity contribution in [2.45, 2.75) is 26.1 Å². The molecule has 0 saturated carbocycles. The molecular weight excluding hydrogens is 216 g/mol. The van der Waals surface area contributed by atoms with Crippen molar-refractivity contribution >= 4 is 5.91 Å². The quantitative estimate of drug-likeness (QED) is 0.776. The van der Waals surface area contributed by atoms with Crippen LogP contribution < -0.4 is 10.6 Å². The van der Waals surface area contributed by atoms with E-state index in [-0.39, 0.29) is 11.9 Å². The average molecular weight is 236 g/mol. The molecule has 2 N–H and O–H groups in total. The van der Waals surface area contributed by atoms with Gasteiger partial charge in [-0.15, -0.1) is 0 Å². The minimum atomic E-state index is -0.182. The van der Waals surface area contributed by atoms with Crippen LogP contribution in [-0.2, 0) is 22.7 Å². The fourth-order valence-electron chi connectivity index (χ4n) is 1.50. The Kier molecular flexibility index (Phi) is 5.66. The Bertz CT molecular complexity index is 349. The van der Waals surface area contributed by atoms with Crippen LogP contribution in [0.2, 0.25) is 0 Å². The Balaban J connectivity index is 2.44. The summed E-state index contributed by atoms with van der Waals surface area (Å²) in [7, 11) is 3.32. The molecule has 94 valence electrons. The Hall–Kier alpha value is -1.39. The number of carbonyl (C=O) groups is 1. The molecular formula is C13H20N2O2. The third-order valence-electron chi connectivity index (χ3n) is 2.59. The predicted octanol–water partition coefficient (Wildman–Crippen LogP) is 1.06. The van der Waals surface area contributed by atoms with Crippen LogP contribution in [0.15, 0.2) is 24.3 Å². The first-order chi connectivity index (χ1) is 8.17. The van der Waals surface area contributed by atoms with Crippen molar-refractivity contribution < 1.29 is 9.53 Å². The van der Waals surface area contributed by atoms with E-state index in [4.69, 9.17) is 4.74 Å². The lowest BCUT2D eigenvalue weighted by atomic mass is 10.1. The summed E-state index contributed by atoms with van der Waals surface area (Å²) in [6, 6.07) is 7.96. The average Bonchev–Trinajstić information content (AvgIpc) is 2.37. The van der Waals surface area contributed by atoms with Crippen LogP contribution in [-0.4, -0.2) is 26.1 Å². The van der Waals surface area contributed by atoms with Crippen LogP contribution in [0, 0.1) is 0 Å². The molecule has 4 heteroatoms. The number of amides is 1. The lowest BCUT2D eigenvalue weighted by Gasteiger charge is -2.12. The van der Waals surface area contributed by atoms with Gasteiger partial charge in [-0.1, -0.05) is 24.3 Å². The van der Waals surface area contributed by atoms with Gasteiger partial charge < -0.3 is 15.4 Å². The standard InChI is InChI=1S/C13H20N2O2/c1-10(13(16)14-2)15-8-11-4-6-12(7-5-11)9-17-3/h4-7,10,15H,8-9H2,1-3H3,(H,14,16). The van der Waals surface area contributed by atoms with Crippen LogP contribution >= 0.6 is 0 Å². The zero-order valence-electron chi connectivity index (χ0n) is 10.6. The zero-order chi connectivity index (χ0) is 12.7. The smallest absolute Gasteiger partial charge is 0.236 e. The van der Waals surface area contributed by atoms with Crippen molar-refractivity contribution in [3.63, 3.8) is 0 Å². The normalized spacial score (nSPS) is 12.2. The summed E-state index contributed by atoms with van der Waals surface area (Å²) in [6.07, 6.45) is 0. The number of methoxy groups -OCH3 is 1. The van der Waals surface area contributed by atoms with E-state index in [0.29, 0.717) is 13.2 Å². The third-order valence-corrected chi connectivity index (χ3v) is 2.59. The van der Waals surface area contributed by atoms with Crippen LogP contribution in [0.25, 0.3) is 0 Å². The second kappa shape index (κ2) is 7.04. The molecule has 0 heterocycles. The fraction of sp³-hybridized carbons (Fsp3) is 0.462. The summed E-state index contributed by atoms with van der Waals surface area (Å²) < 4.78 is 5.04. The van der Waals surface area contributed by atoms with Gasteiger partial charge in [0.2, 0.25) is 5.91 Å². The molecule has 1 aromatic carbocycles. The van der Waals surface area contributed by atoms with Crippen molar-refractivity contribution in [2.75, 3.05) is 14.2 Å². The topological polar surface area (TPSA) is 50.4 Å². The summed E-state index contributed by atoms with van der Waals surface area (Å²) in [5.41, 5.74) is 2.30. The highest BCUT2D eigenvalue weighted by Crippen LogP contribution is 2.05. The van der Waals surface area contributed by atoms with E-state index in [0.717, 1.165) is 11.1 Å². The molecule has 1 unspecified atom stereocenters. The molecule has 4 nitrogen and oxygen atoms in total. The molecule has 0 saturated heterocycles. The van der Waals surface area contributed by atoms with Crippen molar-refractivity contribution in [3.8, 4) is 0 Å². The summed E-state index contributed by atoms with van der Waals surface area (Å²) >= 11 is 0. The van der Waals surface area contributed by atoms with Gasteiger partial charge in [-0.25, -0.2) is 0 Å². The Labute approximate surface area is 102 Å². The molecule has 0 radical (unpaired) electrons. The summed E-state index contributed by atoms with van der Waals surface area (Å²) in [4.78, 5) is 11.3. The van der Waals surface area contributed by atoms with E-state index in [1.165, 1.54) is 0 Å². The first-order valence-corrected chi connectivity index (χ1v) is 5.69. The van der Waals surface area contributed by atoms with Crippen molar-refractivity contribution in [1.82, 2.24) is 10.6 Å². The minimum Gasteiger partial charge on any atom is -0.380 e. The molecule has 0 aromatic heterocycles. The Morgan fingerprint density at radius 1 is 1.29 bits per heavy atom. The largest absolute Gasteiger partial charge is 0.380 e. The number of rotatable bonds is 6. The Morgan fingerprint density at radius 3 is 2.41 bits per heavy atom. The maximum atomic E-state index is 11.3.